The van der Waals surface area contributed by atoms with E-state index in [0.717, 1.165) is 22.9 Å². The van der Waals surface area contributed by atoms with E-state index < -0.39 is 5.82 Å². The van der Waals surface area contributed by atoms with Gasteiger partial charge in [-0.3, -0.25) is 4.79 Å². The zero-order valence-corrected chi connectivity index (χ0v) is 18.9. The number of rotatable bonds is 8. The number of H-pyrrole nitrogens is 1. The van der Waals surface area contributed by atoms with Crippen molar-refractivity contribution in [1.29, 1.82) is 0 Å². The van der Waals surface area contributed by atoms with Crippen LogP contribution in [0.4, 0.5) is 15.8 Å². The average Bonchev–Trinajstić information content (AvgIpc) is 3.21. The monoisotopic (exact) mass is 422 g/mol. The Morgan fingerprint density at radius 3 is 2.42 bits per heavy atom. The van der Waals surface area contributed by atoms with Crippen LogP contribution in [0.3, 0.4) is 0 Å². The van der Waals surface area contributed by atoms with Crippen LogP contribution in [0.2, 0.25) is 0 Å². The van der Waals surface area contributed by atoms with Crippen LogP contribution in [0, 0.1) is 11.7 Å². The maximum Gasteiger partial charge on any atom is 0.261 e. The lowest BCUT2D eigenvalue weighted by Gasteiger charge is -2.27. The summed E-state index contributed by atoms with van der Waals surface area (Å²) in [7, 11) is 2.00. The van der Waals surface area contributed by atoms with E-state index in [1.807, 2.05) is 51.4 Å². The molecule has 0 aliphatic carbocycles. The third-order valence-corrected chi connectivity index (χ3v) is 5.08. The molecule has 0 saturated carbocycles. The zero-order chi connectivity index (χ0) is 22.5. The Bertz CT molecular complexity index is 1030. The van der Waals surface area contributed by atoms with Crippen molar-refractivity contribution >= 4 is 17.3 Å². The molecule has 1 N–H and O–H groups in total. The van der Waals surface area contributed by atoms with Crippen molar-refractivity contribution in [3.63, 3.8) is 0 Å². The smallest absolute Gasteiger partial charge is 0.261 e. The Hall–Kier alpha value is -3.15. The van der Waals surface area contributed by atoms with E-state index in [-0.39, 0.29) is 17.4 Å². The third kappa shape index (κ3) is 5.51. The number of anilines is 2. The van der Waals surface area contributed by atoms with E-state index in [0.29, 0.717) is 19.0 Å². The number of nitrogens with one attached hydrogen (secondary N) is 1. The second-order valence-electron chi connectivity index (χ2n) is 8.61. The van der Waals surface area contributed by atoms with Gasteiger partial charge in [-0.2, -0.15) is 0 Å². The molecule has 0 bridgehead atoms. The number of imidazole rings is 1. The maximum absolute atomic E-state index is 14.3. The molecule has 0 unspecified atom stereocenters. The summed E-state index contributed by atoms with van der Waals surface area (Å²) in [5, 5.41) is 0. The van der Waals surface area contributed by atoms with Gasteiger partial charge in [0, 0.05) is 30.9 Å². The summed E-state index contributed by atoms with van der Waals surface area (Å²) in [5.74, 6) is 0.708. The van der Waals surface area contributed by atoms with Crippen molar-refractivity contribution in [2.75, 3.05) is 23.4 Å². The fraction of sp³-hybridized carbons (Fsp3) is 0.360. The van der Waals surface area contributed by atoms with E-state index >= 15 is 0 Å². The molecule has 0 spiro atoms. The predicted octanol–water partition coefficient (Wildman–Crippen LogP) is 5.61. The molecule has 31 heavy (non-hydrogen) atoms. The minimum Gasteiger partial charge on any atom is -0.369 e. The molecule has 0 saturated heterocycles. The van der Waals surface area contributed by atoms with Gasteiger partial charge in [0.2, 0.25) is 0 Å². The largest absolute Gasteiger partial charge is 0.369 e. The van der Waals surface area contributed by atoms with Crippen LogP contribution >= 0.6 is 0 Å². The standard InChI is InChI=1S/C25H31FN4O/c1-17(2)15-30(25(31)22-11-6-7-12-23(22)26)21-10-8-9-20(13-21)29(5)16-19-14-27-24(28-19)18(3)4/h6-14,17-18H,15-16H2,1-5H3,(H,27,28). The van der Waals surface area contributed by atoms with Crippen LogP contribution in [0.15, 0.2) is 54.7 Å². The minimum absolute atomic E-state index is 0.0839. The molecule has 0 radical (unpaired) electrons. The maximum atomic E-state index is 14.3. The highest BCUT2D eigenvalue weighted by molar-refractivity contribution is 6.06. The number of hydrogen-bond donors (Lipinski definition) is 1. The molecule has 6 heteroatoms. The van der Waals surface area contributed by atoms with Gasteiger partial charge >= 0.3 is 0 Å². The average molecular weight is 423 g/mol. The van der Waals surface area contributed by atoms with Crippen molar-refractivity contribution in [3.05, 3.63) is 77.6 Å². The molecule has 1 heterocycles. The van der Waals surface area contributed by atoms with Crippen LogP contribution in [-0.4, -0.2) is 29.5 Å². The highest BCUT2D eigenvalue weighted by Crippen LogP contribution is 2.26. The topological polar surface area (TPSA) is 52.2 Å². The minimum atomic E-state index is -0.505. The Morgan fingerprint density at radius 2 is 1.77 bits per heavy atom. The van der Waals surface area contributed by atoms with Crippen molar-refractivity contribution in [1.82, 2.24) is 9.97 Å². The molecule has 3 aromatic rings. The van der Waals surface area contributed by atoms with Gasteiger partial charge in [-0.05, 0) is 36.2 Å². The molecule has 2 aromatic carbocycles. The molecular weight excluding hydrogens is 391 g/mol. The Kier molecular flexibility index (Phi) is 7.10. The van der Waals surface area contributed by atoms with Crippen LogP contribution in [-0.2, 0) is 6.54 Å². The number of carbonyl (C=O) groups is 1. The molecule has 0 aliphatic rings. The van der Waals surface area contributed by atoms with Gasteiger partial charge in [0.05, 0.1) is 24.0 Å². The van der Waals surface area contributed by atoms with Gasteiger partial charge in [0.15, 0.2) is 0 Å². The summed E-state index contributed by atoms with van der Waals surface area (Å²) in [5.41, 5.74) is 2.82. The molecule has 0 atom stereocenters. The van der Waals surface area contributed by atoms with Crippen LogP contribution in [0.1, 0.15) is 55.5 Å². The van der Waals surface area contributed by atoms with E-state index in [1.54, 1.807) is 17.0 Å². The lowest BCUT2D eigenvalue weighted by molar-refractivity contribution is 0.0980. The number of benzene rings is 2. The third-order valence-electron chi connectivity index (χ3n) is 5.08. The number of halogens is 1. The highest BCUT2D eigenvalue weighted by atomic mass is 19.1. The first-order chi connectivity index (χ1) is 14.8. The quantitative estimate of drug-likeness (QED) is 0.513. The Balaban J connectivity index is 1.86. The van der Waals surface area contributed by atoms with E-state index in [1.165, 1.54) is 12.1 Å². The normalized spacial score (nSPS) is 11.2. The summed E-state index contributed by atoms with van der Waals surface area (Å²) >= 11 is 0. The fourth-order valence-corrected chi connectivity index (χ4v) is 3.45. The lowest BCUT2D eigenvalue weighted by Crippen LogP contribution is -2.35. The molecule has 0 aliphatic heterocycles. The van der Waals surface area contributed by atoms with Crippen LogP contribution in [0.25, 0.3) is 0 Å². The molecule has 1 aromatic heterocycles. The van der Waals surface area contributed by atoms with Gasteiger partial charge in [-0.25, -0.2) is 9.37 Å². The molecule has 5 nitrogen and oxygen atoms in total. The number of aromatic amines is 1. The second-order valence-corrected chi connectivity index (χ2v) is 8.61. The van der Waals surface area contributed by atoms with Gasteiger partial charge in [-0.15, -0.1) is 0 Å². The SMILES string of the molecule is CC(C)CN(C(=O)c1ccccc1F)c1cccc(N(C)Cc2cnc(C(C)C)[nH]2)c1. The fourth-order valence-electron chi connectivity index (χ4n) is 3.45. The number of carbonyl (C=O) groups excluding carboxylic acids is 1. The van der Waals surface area contributed by atoms with Gasteiger partial charge in [0.1, 0.15) is 11.6 Å². The summed E-state index contributed by atoms with van der Waals surface area (Å²) in [6.07, 6.45) is 1.86. The van der Waals surface area contributed by atoms with Gasteiger partial charge < -0.3 is 14.8 Å². The van der Waals surface area contributed by atoms with Crippen LogP contribution < -0.4 is 9.80 Å². The number of nitrogens with zero attached hydrogens (tertiary/aromatic N) is 3. The second kappa shape index (κ2) is 9.77. The summed E-state index contributed by atoms with van der Waals surface area (Å²) in [6.45, 7) is 9.45. The lowest BCUT2D eigenvalue weighted by atomic mass is 10.1. The first-order valence-electron chi connectivity index (χ1n) is 10.7. The molecule has 164 valence electrons. The molecule has 3 rings (SSSR count). The first kappa shape index (κ1) is 22.5. The predicted molar refractivity (Wildman–Crippen MR) is 124 cm³/mol. The van der Waals surface area contributed by atoms with Crippen molar-refractivity contribution in [3.8, 4) is 0 Å². The first-order valence-corrected chi connectivity index (χ1v) is 10.7. The zero-order valence-electron chi connectivity index (χ0n) is 18.9. The van der Waals surface area contributed by atoms with E-state index in [2.05, 4.69) is 28.7 Å². The molecule has 1 amide bonds. The van der Waals surface area contributed by atoms with Crippen molar-refractivity contribution in [2.24, 2.45) is 5.92 Å². The summed E-state index contributed by atoms with van der Waals surface area (Å²) < 4.78 is 14.3. The van der Waals surface area contributed by atoms with E-state index in [4.69, 9.17) is 0 Å². The molecular formula is C25H31FN4O. The summed E-state index contributed by atoms with van der Waals surface area (Å²) in [6, 6.07) is 13.9. The Morgan fingerprint density at radius 1 is 1.06 bits per heavy atom. The Labute approximate surface area is 183 Å². The number of hydrogen-bond acceptors (Lipinski definition) is 3. The van der Waals surface area contributed by atoms with Crippen molar-refractivity contribution < 1.29 is 9.18 Å². The highest BCUT2D eigenvalue weighted by Gasteiger charge is 2.22. The van der Waals surface area contributed by atoms with Crippen molar-refractivity contribution in [2.45, 2.75) is 40.2 Å². The summed E-state index contributed by atoms with van der Waals surface area (Å²) in [4.78, 5) is 24.8. The van der Waals surface area contributed by atoms with E-state index in [9.17, 15) is 9.18 Å². The van der Waals surface area contributed by atoms with Gasteiger partial charge in [0.25, 0.3) is 5.91 Å². The number of amides is 1. The van der Waals surface area contributed by atoms with Crippen LogP contribution in [0.5, 0.6) is 0 Å². The molecule has 0 fully saturated rings. The van der Waals surface area contributed by atoms with Gasteiger partial charge in [-0.1, -0.05) is 45.9 Å². The number of aromatic nitrogens is 2.